The maximum Gasteiger partial charge on any atom is 0.225 e. The number of benzene rings is 1. The van der Waals surface area contributed by atoms with Crippen molar-refractivity contribution < 1.29 is 9.59 Å². The third kappa shape index (κ3) is 3.69. The van der Waals surface area contributed by atoms with E-state index in [9.17, 15) is 9.59 Å². The van der Waals surface area contributed by atoms with Gasteiger partial charge < -0.3 is 9.47 Å². The number of hydrogen-bond donors (Lipinski definition) is 0. The highest BCUT2D eigenvalue weighted by Crippen LogP contribution is 2.31. The predicted molar refractivity (Wildman–Crippen MR) is 105 cm³/mol. The molecule has 1 aromatic carbocycles. The number of para-hydroxylation sites is 1. The second-order valence-electron chi connectivity index (χ2n) is 7.75. The van der Waals surface area contributed by atoms with Crippen molar-refractivity contribution in [3.8, 4) is 5.69 Å². The minimum absolute atomic E-state index is 0.159. The average molecular weight is 365 g/mol. The molecule has 2 fully saturated rings. The Morgan fingerprint density at radius 3 is 2.30 bits per heavy atom. The lowest BCUT2D eigenvalue weighted by Gasteiger charge is -2.34. The van der Waals surface area contributed by atoms with Crippen molar-refractivity contribution in [1.82, 2.24) is 14.4 Å². The van der Waals surface area contributed by atoms with Crippen LogP contribution < -0.4 is 0 Å². The third-order valence-electron chi connectivity index (χ3n) is 5.72. The van der Waals surface area contributed by atoms with E-state index in [1.165, 1.54) is 0 Å². The highest BCUT2D eigenvalue weighted by atomic mass is 16.2. The first-order chi connectivity index (χ1) is 13.0. The van der Waals surface area contributed by atoms with Gasteiger partial charge in [-0.25, -0.2) is 0 Å². The van der Waals surface area contributed by atoms with E-state index < -0.39 is 0 Å². The van der Waals surface area contributed by atoms with Gasteiger partial charge in [0.15, 0.2) is 5.78 Å². The lowest BCUT2D eigenvalue weighted by molar-refractivity contribution is -0.134. The normalized spacial score (nSPS) is 17.9. The van der Waals surface area contributed by atoms with E-state index in [4.69, 9.17) is 0 Å². The van der Waals surface area contributed by atoms with E-state index in [0.29, 0.717) is 12.5 Å². The van der Waals surface area contributed by atoms with E-state index in [2.05, 4.69) is 21.6 Å². The smallest absolute Gasteiger partial charge is 0.225 e. The van der Waals surface area contributed by atoms with Gasteiger partial charge in [0.1, 0.15) is 0 Å². The number of carbonyl (C=O) groups excluding carboxylic acids is 2. The van der Waals surface area contributed by atoms with Crippen molar-refractivity contribution in [2.45, 2.75) is 26.7 Å². The highest BCUT2D eigenvalue weighted by Gasteiger charge is 2.34. The number of aryl methyl sites for hydroxylation is 1. The molecule has 2 aromatic rings. The van der Waals surface area contributed by atoms with Crippen LogP contribution in [0.2, 0.25) is 0 Å². The summed E-state index contributed by atoms with van der Waals surface area (Å²) in [5.41, 5.74) is 3.94. The molecule has 1 aliphatic carbocycles. The van der Waals surface area contributed by atoms with Crippen LogP contribution in [-0.4, -0.2) is 58.8 Å². The number of piperazine rings is 1. The van der Waals surface area contributed by atoms with Gasteiger partial charge >= 0.3 is 0 Å². The number of carbonyl (C=O) groups is 2. The van der Waals surface area contributed by atoms with E-state index in [1.807, 2.05) is 43.0 Å². The summed E-state index contributed by atoms with van der Waals surface area (Å²) in [6, 6.07) is 12.1. The van der Waals surface area contributed by atoms with Crippen molar-refractivity contribution in [2.75, 3.05) is 32.7 Å². The Morgan fingerprint density at radius 1 is 1.00 bits per heavy atom. The Balaban J connectivity index is 1.41. The zero-order valence-electron chi connectivity index (χ0n) is 16.1. The molecule has 1 saturated carbocycles. The van der Waals surface area contributed by atoms with Crippen molar-refractivity contribution in [1.29, 1.82) is 0 Å². The molecule has 4 rings (SSSR count). The zero-order chi connectivity index (χ0) is 19.0. The Kier molecular flexibility index (Phi) is 4.87. The van der Waals surface area contributed by atoms with Gasteiger partial charge in [0.2, 0.25) is 5.91 Å². The van der Waals surface area contributed by atoms with Gasteiger partial charge in [0, 0.05) is 54.7 Å². The second-order valence-corrected chi connectivity index (χ2v) is 7.75. The fourth-order valence-electron chi connectivity index (χ4n) is 4.02. The van der Waals surface area contributed by atoms with Gasteiger partial charge in [-0.15, -0.1) is 0 Å². The summed E-state index contributed by atoms with van der Waals surface area (Å²) in [4.78, 5) is 29.2. The second kappa shape index (κ2) is 7.31. The molecule has 5 heteroatoms. The molecule has 1 amide bonds. The maximum absolute atomic E-state index is 12.9. The van der Waals surface area contributed by atoms with Crippen molar-refractivity contribution in [3.05, 3.63) is 53.3 Å². The van der Waals surface area contributed by atoms with Gasteiger partial charge in [0.25, 0.3) is 0 Å². The summed E-state index contributed by atoms with van der Waals surface area (Å²) in [6.07, 6.45) is 2.10. The number of Topliss-reactive ketones (excluding diaryl/α,β-unsaturated/α-hetero) is 1. The van der Waals surface area contributed by atoms with E-state index >= 15 is 0 Å². The molecule has 2 heterocycles. The molecule has 2 aliphatic rings. The standard InChI is InChI=1S/C22H27N3O2/c1-16-14-20(17(2)25(16)19-6-4-3-5-7-19)21(26)15-23-10-12-24(13-11-23)22(27)18-8-9-18/h3-7,14,18H,8-13,15H2,1-2H3. The van der Waals surface area contributed by atoms with Crippen LogP contribution >= 0.6 is 0 Å². The molecule has 142 valence electrons. The summed E-state index contributed by atoms with van der Waals surface area (Å²) in [7, 11) is 0. The number of nitrogens with zero attached hydrogens (tertiary/aromatic N) is 3. The molecule has 1 aromatic heterocycles. The quantitative estimate of drug-likeness (QED) is 0.766. The fourth-order valence-corrected chi connectivity index (χ4v) is 4.02. The Hall–Kier alpha value is -2.40. The van der Waals surface area contributed by atoms with Crippen LogP contribution in [0, 0.1) is 19.8 Å². The van der Waals surface area contributed by atoms with Gasteiger partial charge in [-0.3, -0.25) is 14.5 Å². The first kappa shape index (κ1) is 18.0. The number of rotatable bonds is 5. The van der Waals surface area contributed by atoms with Gasteiger partial charge in [0.05, 0.1) is 6.54 Å². The molecule has 0 spiro atoms. The molecule has 0 N–H and O–H groups in total. The number of ketones is 1. The van der Waals surface area contributed by atoms with Crippen molar-refractivity contribution in [3.63, 3.8) is 0 Å². The van der Waals surface area contributed by atoms with Gasteiger partial charge in [-0.1, -0.05) is 18.2 Å². The van der Waals surface area contributed by atoms with Gasteiger partial charge in [-0.05, 0) is 44.9 Å². The maximum atomic E-state index is 12.9. The number of aromatic nitrogens is 1. The summed E-state index contributed by atoms with van der Waals surface area (Å²) in [5, 5.41) is 0. The van der Waals surface area contributed by atoms with E-state index in [1.54, 1.807) is 0 Å². The van der Waals surface area contributed by atoms with Crippen molar-refractivity contribution >= 4 is 11.7 Å². The lowest BCUT2D eigenvalue weighted by Crippen LogP contribution is -2.50. The van der Waals surface area contributed by atoms with Crippen LogP contribution in [0.15, 0.2) is 36.4 Å². The molecule has 27 heavy (non-hydrogen) atoms. The summed E-state index contributed by atoms with van der Waals surface area (Å²) < 4.78 is 2.14. The highest BCUT2D eigenvalue weighted by molar-refractivity contribution is 5.99. The molecule has 1 saturated heterocycles. The number of hydrogen-bond acceptors (Lipinski definition) is 3. The first-order valence-electron chi connectivity index (χ1n) is 9.83. The Morgan fingerprint density at radius 2 is 1.67 bits per heavy atom. The van der Waals surface area contributed by atoms with Crippen LogP contribution in [0.25, 0.3) is 5.69 Å². The van der Waals surface area contributed by atoms with E-state index in [-0.39, 0.29) is 11.7 Å². The zero-order valence-corrected chi connectivity index (χ0v) is 16.1. The lowest BCUT2D eigenvalue weighted by atomic mass is 10.1. The molecule has 1 aliphatic heterocycles. The summed E-state index contributed by atoms with van der Waals surface area (Å²) >= 11 is 0. The molecule has 0 atom stereocenters. The van der Waals surface area contributed by atoms with Crippen LogP contribution in [0.5, 0.6) is 0 Å². The number of amides is 1. The van der Waals surface area contributed by atoms with Crippen LogP contribution in [0.1, 0.15) is 34.6 Å². The minimum atomic E-state index is 0.159. The molecule has 5 nitrogen and oxygen atoms in total. The fraction of sp³-hybridized carbons (Fsp3) is 0.455. The van der Waals surface area contributed by atoms with E-state index in [0.717, 1.165) is 61.7 Å². The SMILES string of the molecule is Cc1cc(C(=O)CN2CCN(C(=O)C3CC3)CC2)c(C)n1-c1ccccc1. The Bertz CT molecular complexity index is 844. The molecule has 0 unspecified atom stereocenters. The molecule has 0 bridgehead atoms. The first-order valence-corrected chi connectivity index (χ1v) is 9.83. The van der Waals surface area contributed by atoms with Crippen LogP contribution in [0.3, 0.4) is 0 Å². The third-order valence-corrected chi connectivity index (χ3v) is 5.72. The largest absolute Gasteiger partial charge is 0.340 e. The molecule has 0 radical (unpaired) electrons. The van der Waals surface area contributed by atoms with Crippen molar-refractivity contribution in [2.24, 2.45) is 5.92 Å². The predicted octanol–water partition coefficient (Wildman–Crippen LogP) is 2.83. The van der Waals surface area contributed by atoms with Crippen LogP contribution in [0.4, 0.5) is 0 Å². The Labute approximate surface area is 160 Å². The summed E-state index contributed by atoms with van der Waals surface area (Å²) in [5.74, 6) is 0.751. The monoisotopic (exact) mass is 365 g/mol. The average Bonchev–Trinajstić information content (AvgIpc) is 3.48. The molecular weight excluding hydrogens is 338 g/mol. The minimum Gasteiger partial charge on any atom is -0.340 e. The van der Waals surface area contributed by atoms with Gasteiger partial charge in [-0.2, -0.15) is 0 Å². The van der Waals surface area contributed by atoms with Crippen LogP contribution in [-0.2, 0) is 4.79 Å². The summed E-state index contributed by atoms with van der Waals surface area (Å²) in [6.45, 7) is 7.52. The topological polar surface area (TPSA) is 45.6 Å². The molecular formula is C22H27N3O2.